The fourth-order valence-electron chi connectivity index (χ4n) is 3.91. The Labute approximate surface area is 132 Å². The second-order valence-corrected chi connectivity index (χ2v) is 7.53. The highest BCUT2D eigenvalue weighted by Gasteiger charge is 2.36. The second kappa shape index (κ2) is 7.82. The van der Waals surface area contributed by atoms with Gasteiger partial charge in [-0.25, -0.2) is 0 Å². The van der Waals surface area contributed by atoms with Crippen molar-refractivity contribution in [2.24, 2.45) is 11.8 Å². The van der Waals surface area contributed by atoms with Gasteiger partial charge in [-0.2, -0.15) is 0 Å². The minimum Gasteiger partial charge on any atom is -0.350 e. The lowest BCUT2D eigenvalue weighted by atomic mass is 9.79. The Bertz CT molecular complexity index is 304. The van der Waals surface area contributed by atoms with E-state index in [0.717, 1.165) is 36.9 Å². The first-order valence-corrected chi connectivity index (χ1v) is 9.69. The van der Waals surface area contributed by atoms with E-state index < -0.39 is 0 Å². The molecule has 0 aromatic rings. The monoisotopic (exact) mass is 343 g/mol. The van der Waals surface area contributed by atoms with Crippen molar-refractivity contribution in [2.75, 3.05) is 5.33 Å². The highest BCUT2D eigenvalue weighted by Crippen LogP contribution is 2.35. The smallest absolute Gasteiger partial charge is 0.223 e. The number of alkyl halides is 1. The number of rotatable bonds is 6. The molecule has 0 radical (unpaired) electrons. The molecule has 0 aliphatic heterocycles. The zero-order valence-corrected chi connectivity index (χ0v) is 14.5. The molecule has 0 spiro atoms. The SMILES string of the molecule is CCCCC1CCC(C(=O)NC2(CBr)CCCC2)CC1. The van der Waals surface area contributed by atoms with E-state index in [1.54, 1.807) is 0 Å². The standard InChI is InChI=1S/C17H30BrNO/c1-2-3-6-14-7-9-15(10-8-14)16(20)19-17(13-18)11-4-5-12-17/h14-15H,2-13H2,1H3,(H,19,20). The number of halogens is 1. The largest absolute Gasteiger partial charge is 0.350 e. The van der Waals surface area contributed by atoms with Gasteiger partial charge < -0.3 is 5.32 Å². The normalized spacial score (nSPS) is 29.3. The van der Waals surface area contributed by atoms with Gasteiger partial charge in [0.2, 0.25) is 5.91 Å². The highest BCUT2D eigenvalue weighted by molar-refractivity contribution is 9.09. The van der Waals surface area contributed by atoms with Crippen LogP contribution in [0.25, 0.3) is 0 Å². The van der Waals surface area contributed by atoms with Gasteiger partial charge in [-0.1, -0.05) is 55.0 Å². The number of unbranched alkanes of at least 4 members (excludes halogenated alkanes) is 1. The summed E-state index contributed by atoms with van der Waals surface area (Å²) in [5.74, 6) is 1.50. The van der Waals surface area contributed by atoms with Crippen molar-refractivity contribution in [1.82, 2.24) is 5.32 Å². The maximum Gasteiger partial charge on any atom is 0.223 e. The van der Waals surface area contributed by atoms with Gasteiger partial charge in [0.05, 0.1) is 0 Å². The van der Waals surface area contributed by atoms with E-state index in [2.05, 4.69) is 28.2 Å². The summed E-state index contributed by atoms with van der Waals surface area (Å²) in [4.78, 5) is 12.5. The van der Waals surface area contributed by atoms with Gasteiger partial charge >= 0.3 is 0 Å². The summed E-state index contributed by atoms with van der Waals surface area (Å²) in [6.45, 7) is 2.26. The molecule has 0 bridgehead atoms. The number of carbonyl (C=O) groups is 1. The first-order chi connectivity index (χ1) is 9.69. The summed E-state index contributed by atoms with van der Waals surface area (Å²) in [6.07, 6.45) is 13.6. The first kappa shape index (κ1) is 16.3. The Balaban J connectivity index is 1.77. The van der Waals surface area contributed by atoms with Crippen molar-refractivity contribution < 1.29 is 4.79 Å². The third-order valence-electron chi connectivity index (χ3n) is 5.39. The quantitative estimate of drug-likeness (QED) is 0.689. The van der Waals surface area contributed by atoms with Crippen LogP contribution in [0, 0.1) is 11.8 Å². The summed E-state index contributed by atoms with van der Waals surface area (Å²) in [6, 6.07) is 0. The van der Waals surface area contributed by atoms with Crippen LogP contribution in [0.2, 0.25) is 0 Å². The molecule has 2 nitrogen and oxygen atoms in total. The van der Waals surface area contributed by atoms with E-state index in [4.69, 9.17) is 0 Å². The van der Waals surface area contributed by atoms with Gasteiger partial charge in [-0.05, 0) is 44.4 Å². The highest BCUT2D eigenvalue weighted by atomic mass is 79.9. The third kappa shape index (κ3) is 4.22. The molecule has 3 heteroatoms. The summed E-state index contributed by atoms with van der Waals surface area (Å²) >= 11 is 3.61. The Kier molecular flexibility index (Phi) is 6.38. The number of amides is 1. The van der Waals surface area contributed by atoms with Gasteiger partial charge in [0, 0.05) is 16.8 Å². The van der Waals surface area contributed by atoms with E-state index in [0.29, 0.717) is 5.91 Å². The first-order valence-electron chi connectivity index (χ1n) is 8.57. The van der Waals surface area contributed by atoms with Crippen molar-refractivity contribution in [3.05, 3.63) is 0 Å². The Morgan fingerprint density at radius 3 is 2.40 bits per heavy atom. The predicted molar refractivity (Wildman–Crippen MR) is 88.1 cm³/mol. The number of hydrogen-bond donors (Lipinski definition) is 1. The third-order valence-corrected chi connectivity index (χ3v) is 6.46. The molecular weight excluding hydrogens is 314 g/mol. The van der Waals surface area contributed by atoms with Crippen LogP contribution >= 0.6 is 15.9 Å². The minimum atomic E-state index is 0.0656. The van der Waals surface area contributed by atoms with Crippen molar-refractivity contribution in [1.29, 1.82) is 0 Å². The molecule has 0 saturated heterocycles. The maximum absolute atomic E-state index is 12.5. The molecule has 0 unspecified atom stereocenters. The molecule has 1 amide bonds. The zero-order chi connectivity index (χ0) is 14.4. The molecule has 2 saturated carbocycles. The maximum atomic E-state index is 12.5. The Hall–Kier alpha value is -0.0500. The average molecular weight is 344 g/mol. The molecule has 116 valence electrons. The van der Waals surface area contributed by atoms with E-state index in [9.17, 15) is 4.79 Å². The molecular formula is C17H30BrNO. The molecule has 0 heterocycles. The van der Waals surface area contributed by atoms with E-state index in [-0.39, 0.29) is 11.5 Å². The molecule has 2 aliphatic rings. The molecule has 0 atom stereocenters. The number of nitrogens with one attached hydrogen (secondary N) is 1. The minimum absolute atomic E-state index is 0.0656. The molecule has 2 rings (SSSR count). The molecule has 0 aromatic heterocycles. The van der Waals surface area contributed by atoms with E-state index in [1.807, 2.05) is 0 Å². The van der Waals surface area contributed by atoms with Crippen LogP contribution < -0.4 is 5.32 Å². The number of hydrogen-bond acceptors (Lipinski definition) is 1. The lowest BCUT2D eigenvalue weighted by molar-refractivity contribution is -0.128. The van der Waals surface area contributed by atoms with Crippen LogP contribution in [0.1, 0.15) is 77.6 Å². The lowest BCUT2D eigenvalue weighted by Gasteiger charge is -2.33. The van der Waals surface area contributed by atoms with Crippen molar-refractivity contribution >= 4 is 21.8 Å². The van der Waals surface area contributed by atoms with Crippen molar-refractivity contribution in [3.8, 4) is 0 Å². The summed E-state index contributed by atoms with van der Waals surface area (Å²) in [5, 5.41) is 4.30. The van der Waals surface area contributed by atoms with Crippen LogP contribution in [0.4, 0.5) is 0 Å². The van der Waals surface area contributed by atoms with Crippen molar-refractivity contribution in [2.45, 2.75) is 83.1 Å². The Morgan fingerprint density at radius 1 is 1.20 bits per heavy atom. The Morgan fingerprint density at radius 2 is 1.85 bits per heavy atom. The van der Waals surface area contributed by atoms with Gasteiger partial charge in [-0.3, -0.25) is 4.79 Å². The molecule has 0 aromatic carbocycles. The van der Waals surface area contributed by atoms with E-state index in [1.165, 1.54) is 44.9 Å². The lowest BCUT2D eigenvalue weighted by Crippen LogP contribution is -2.50. The van der Waals surface area contributed by atoms with Crippen LogP contribution in [-0.2, 0) is 4.79 Å². The van der Waals surface area contributed by atoms with Crippen molar-refractivity contribution in [3.63, 3.8) is 0 Å². The topological polar surface area (TPSA) is 29.1 Å². The van der Waals surface area contributed by atoms with Gasteiger partial charge in [0.15, 0.2) is 0 Å². The van der Waals surface area contributed by atoms with E-state index >= 15 is 0 Å². The van der Waals surface area contributed by atoms with Crippen LogP contribution in [0.3, 0.4) is 0 Å². The van der Waals surface area contributed by atoms with Gasteiger partial charge in [0.25, 0.3) is 0 Å². The molecule has 2 aliphatic carbocycles. The summed E-state index contributed by atoms with van der Waals surface area (Å²) in [5.41, 5.74) is 0.0656. The molecule has 20 heavy (non-hydrogen) atoms. The zero-order valence-electron chi connectivity index (χ0n) is 12.9. The molecule has 1 N–H and O–H groups in total. The molecule has 2 fully saturated rings. The second-order valence-electron chi connectivity index (χ2n) is 6.97. The summed E-state index contributed by atoms with van der Waals surface area (Å²) < 4.78 is 0. The fraction of sp³-hybridized carbons (Fsp3) is 0.941. The van der Waals surface area contributed by atoms with Crippen LogP contribution in [-0.4, -0.2) is 16.8 Å². The van der Waals surface area contributed by atoms with Gasteiger partial charge in [0.1, 0.15) is 0 Å². The average Bonchev–Trinajstić information content (AvgIpc) is 2.94. The predicted octanol–water partition coefficient (Wildman–Crippen LogP) is 4.81. The van der Waals surface area contributed by atoms with Crippen LogP contribution in [0.15, 0.2) is 0 Å². The van der Waals surface area contributed by atoms with Gasteiger partial charge in [-0.15, -0.1) is 0 Å². The fourth-order valence-corrected chi connectivity index (χ4v) is 4.61. The summed E-state index contributed by atoms with van der Waals surface area (Å²) in [7, 11) is 0. The number of carbonyl (C=O) groups excluding carboxylic acids is 1. The van der Waals surface area contributed by atoms with Crippen LogP contribution in [0.5, 0.6) is 0 Å².